The number of hydrogen-bond donors (Lipinski definition) is 0. The van der Waals surface area contributed by atoms with Crippen LogP contribution in [0.3, 0.4) is 0 Å². The standard InChI is InChI=1S/C30H21BrCl2N2OS/c31-21-14-12-18(13-15-21)16-26-29(36)35-28(22-8-2-4-11-25(22)33)23-9-5-7-20(27(23)34-30(35)37-26)17-19-6-1-3-10-24(19)32/h1-4,6,8,10-17,28H,5,7,9H2/b20-17-,26-16+. The van der Waals surface area contributed by atoms with E-state index in [9.17, 15) is 4.79 Å². The smallest absolute Gasteiger partial charge is 0.271 e. The zero-order valence-corrected chi connectivity index (χ0v) is 23.5. The first kappa shape index (κ1) is 24.6. The molecule has 0 saturated heterocycles. The third kappa shape index (κ3) is 4.70. The monoisotopic (exact) mass is 606 g/mol. The number of hydrogen-bond acceptors (Lipinski definition) is 3. The molecule has 0 N–H and O–H groups in total. The highest BCUT2D eigenvalue weighted by atomic mass is 79.9. The number of fused-ring (bicyclic) bond motifs is 1. The van der Waals surface area contributed by atoms with Crippen molar-refractivity contribution in [2.75, 3.05) is 0 Å². The van der Waals surface area contributed by atoms with E-state index in [1.807, 2.05) is 83.4 Å². The van der Waals surface area contributed by atoms with Gasteiger partial charge in [-0.3, -0.25) is 9.36 Å². The molecule has 0 bridgehead atoms. The fraction of sp³-hybridized carbons (Fsp3) is 0.133. The summed E-state index contributed by atoms with van der Waals surface area (Å²) in [6, 6.07) is 23.3. The zero-order valence-electron chi connectivity index (χ0n) is 19.6. The lowest BCUT2D eigenvalue weighted by Crippen LogP contribution is -2.39. The predicted molar refractivity (Wildman–Crippen MR) is 157 cm³/mol. The van der Waals surface area contributed by atoms with Crippen LogP contribution in [0.1, 0.15) is 42.0 Å². The molecule has 3 aromatic carbocycles. The van der Waals surface area contributed by atoms with E-state index in [2.05, 4.69) is 22.0 Å². The van der Waals surface area contributed by atoms with Gasteiger partial charge in [0.2, 0.25) is 0 Å². The average Bonchev–Trinajstić information content (AvgIpc) is 3.21. The van der Waals surface area contributed by atoms with Gasteiger partial charge in [0.1, 0.15) is 0 Å². The van der Waals surface area contributed by atoms with E-state index in [0.717, 1.165) is 57.3 Å². The molecule has 6 rings (SSSR count). The minimum absolute atomic E-state index is 0.0506. The maximum Gasteiger partial charge on any atom is 0.271 e. The van der Waals surface area contributed by atoms with Crippen LogP contribution in [0.5, 0.6) is 0 Å². The topological polar surface area (TPSA) is 34.4 Å². The van der Waals surface area contributed by atoms with Gasteiger partial charge in [-0.15, -0.1) is 0 Å². The molecule has 7 heteroatoms. The van der Waals surface area contributed by atoms with E-state index in [-0.39, 0.29) is 11.6 Å². The summed E-state index contributed by atoms with van der Waals surface area (Å²) >= 11 is 18.1. The van der Waals surface area contributed by atoms with Crippen LogP contribution in [0, 0.1) is 0 Å². The molecule has 0 radical (unpaired) electrons. The Morgan fingerprint density at radius 2 is 1.65 bits per heavy atom. The molecule has 37 heavy (non-hydrogen) atoms. The van der Waals surface area contributed by atoms with Gasteiger partial charge < -0.3 is 0 Å². The molecule has 1 aliphatic carbocycles. The van der Waals surface area contributed by atoms with Gasteiger partial charge in [-0.2, -0.15) is 0 Å². The van der Waals surface area contributed by atoms with Gasteiger partial charge in [-0.1, -0.05) is 99.0 Å². The average molecular weight is 608 g/mol. The fourth-order valence-electron chi connectivity index (χ4n) is 5.02. The number of benzene rings is 3. The molecule has 3 nitrogen and oxygen atoms in total. The van der Waals surface area contributed by atoms with Gasteiger partial charge in [-0.05, 0) is 83.5 Å². The Labute approximate surface area is 236 Å². The van der Waals surface area contributed by atoms with Crippen LogP contribution in [-0.2, 0) is 0 Å². The van der Waals surface area contributed by atoms with Crippen molar-refractivity contribution in [3.8, 4) is 0 Å². The van der Waals surface area contributed by atoms with Gasteiger partial charge in [-0.25, -0.2) is 4.99 Å². The Kier molecular flexibility index (Phi) is 6.80. The highest BCUT2D eigenvalue weighted by Gasteiger charge is 2.33. The van der Waals surface area contributed by atoms with Crippen molar-refractivity contribution in [1.29, 1.82) is 0 Å². The summed E-state index contributed by atoms with van der Waals surface area (Å²) in [6.07, 6.45) is 6.79. The van der Waals surface area contributed by atoms with Crippen molar-refractivity contribution in [3.05, 3.63) is 141 Å². The SMILES string of the molecule is O=c1/c(=C\c2ccc(Br)cc2)sc2n1C(c1ccccc1Cl)C1=C(N=2)/C(=C\c2ccccc2Cl)CCC1. The normalized spacial score (nSPS) is 18.5. The van der Waals surface area contributed by atoms with Crippen molar-refractivity contribution in [3.63, 3.8) is 0 Å². The first-order valence-electron chi connectivity index (χ1n) is 12.0. The number of aromatic nitrogens is 1. The summed E-state index contributed by atoms with van der Waals surface area (Å²) in [5.74, 6) is 0. The van der Waals surface area contributed by atoms with E-state index < -0.39 is 0 Å². The van der Waals surface area contributed by atoms with Crippen LogP contribution in [0.15, 0.2) is 104 Å². The number of nitrogens with zero attached hydrogens (tertiary/aromatic N) is 2. The van der Waals surface area contributed by atoms with Crippen molar-refractivity contribution in [1.82, 2.24) is 4.57 Å². The van der Waals surface area contributed by atoms with E-state index >= 15 is 0 Å². The molecule has 2 heterocycles. The third-order valence-electron chi connectivity index (χ3n) is 6.74. The van der Waals surface area contributed by atoms with Crippen LogP contribution in [-0.4, -0.2) is 4.57 Å². The maximum absolute atomic E-state index is 13.8. The molecule has 0 saturated carbocycles. The molecule has 1 aromatic heterocycles. The summed E-state index contributed by atoms with van der Waals surface area (Å²) in [6.45, 7) is 0. The number of thiazole rings is 1. The second-order valence-electron chi connectivity index (χ2n) is 9.07. The highest BCUT2D eigenvalue weighted by molar-refractivity contribution is 9.10. The van der Waals surface area contributed by atoms with Crippen LogP contribution >= 0.6 is 50.5 Å². The number of halogens is 3. The van der Waals surface area contributed by atoms with Crippen molar-refractivity contribution >= 4 is 62.6 Å². The number of allylic oxidation sites excluding steroid dienone is 2. The molecule has 1 aliphatic heterocycles. The Balaban J connectivity index is 1.60. The lowest BCUT2D eigenvalue weighted by molar-refractivity contribution is 0.553. The van der Waals surface area contributed by atoms with Gasteiger partial charge in [0.15, 0.2) is 4.80 Å². The van der Waals surface area contributed by atoms with Gasteiger partial charge in [0.05, 0.1) is 16.3 Å². The van der Waals surface area contributed by atoms with Crippen LogP contribution in [0.4, 0.5) is 0 Å². The summed E-state index contributed by atoms with van der Waals surface area (Å²) in [4.78, 5) is 19.6. The molecule has 0 fully saturated rings. The molecule has 0 spiro atoms. The van der Waals surface area contributed by atoms with E-state index in [1.54, 1.807) is 0 Å². The van der Waals surface area contributed by atoms with E-state index in [1.165, 1.54) is 11.3 Å². The predicted octanol–water partition coefficient (Wildman–Crippen LogP) is 7.55. The minimum Gasteiger partial charge on any atom is -0.272 e. The van der Waals surface area contributed by atoms with Crippen molar-refractivity contribution in [2.24, 2.45) is 4.99 Å². The molecule has 0 amide bonds. The molecule has 184 valence electrons. The second-order valence-corrected chi connectivity index (χ2v) is 11.8. The Bertz CT molecular complexity index is 1770. The molecular formula is C30H21BrCl2N2OS. The first-order valence-corrected chi connectivity index (χ1v) is 14.4. The van der Waals surface area contributed by atoms with Crippen LogP contribution in [0.25, 0.3) is 12.2 Å². The van der Waals surface area contributed by atoms with Crippen molar-refractivity contribution in [2.45, 2.75) is 25.3 Å². The summed E-state index contributed by atoms with van der Waals surface area (Å²) in [5.41, 5.74) is 6.01. The second kappa shape index (κ2) is 10.2. The van der Waals surface area contributed by atoms with Crippen molar-refractivity contribution < 1.29 is 0 Å². The quantitative estimate of drug-likeness (QED) is 0.237. The Morgan fingerprint density at radius 1 is 0.919 bits per heavy atom. The molecule has 1 atom stereocenters. The molecule has 4 aromatic rings. The largest absolute Gasteiger partial charge is 0.272 e. The zero-order chi connectivity index (χ0) is 25.5. The Morgan fingerprint density at radius 3 is 2.41 bits per heavy atom. The van der Waals surface area contributed by atoms with Gasteiger partial charge >= 0.3 is 0 Å². The van der Waals surface area contributed by atoms with Gasteiger partial charge in [0.25, 0.3) is 5.56 Å². The molecular weight excluding hydrogens is 587 g/mol. The van der Waals surface area contributed by atoms with E-state index in [0.29, 0.717) is 19.4 Å². The number of rotatable bonds is 3. The first-order chi connectivity index (χ1) is 18.0. The lowest BCUT2D eigenvalue weighted by Gasteiger charge is -2.31. The van der Waals surface area contributed by atoms with Crippen LogP contribution in [0.2, 0.25) is 10.0 Å². The fourth-order valence-corrected chi connectivity index (χ4v) is 6.72. The highest BCUT2D eigenvalue weighted by Crippen LogP contribution is 2.42. The maximum atomic E-state index is 13.8. The summed E-state index contributed by atoms with van der Waals surface area (Å²) in [5, 5.41) is 1.35. The van der Waals surface area contributed by atoms with Crippen LogP contribution < -0.4 is 14.9 Å². The minimum atomic E-state index is -0.304. The molecule has 1 unspecified atom stereocenters. The van der Waals surface area contributed by atoms with Gasteiger partial charge in [0, 0.05) is 14.5 Å². The summed E-state index contributed by atoms with van der Waals surface area (Å²) < 4.78 is 3.47. The van der Waals surface area contributed by atoms with E-state index in [4.69, 9.17) is 28.2 Å². The lowest BCUT2D eigenvalue weighted by atomic mass is 9.84. The summed E-state index contributed by atoms with van der Waals surface area (Å²) in [7, 11) is 0. The third-order valence-corrected chi connectivity index (χ3v) is 8.94. The molecule has 2 aliphatic rings. The Hall–Kier alpha value is -2.70.